The van der Waals surface area contributed by atoms with Crippen molar-refractivity contribution >= 4 is 34.3 Å². The number of nitrogens with zero attached hydrogens (tertiary/aromatic N) is 1. The molecule has 0 fully saturated rings. The topological polar surface area (TPSA) is 64.4 Å². The van der Waals surface area contributed by atoms with Crippen LogP contribution in [0.4, 0.5) is 5.69 Å². The van der Waals surface area contributed by atoms with E-state index >= 15 is 0 Å². The average molecular weight is 359 g/mol. The van der Waals surface area contributed by atoms with Crippen molar-refractivity contribution in [3.05, 3.63) is 58.9 Å². The first-order valence-corrected chi connectivity index (χ1v) is 8.42. The predicted molar refractivity (Wildman–Crippen MR) is 97.8 cm³/mol. The summed E-state index contributed by atoms with van der Waals surface area (Å²) >= 11 is 6.05. The van der Waals surface area contributed by atoms with E-state index < -0.39 is 0 Å². The van der Waals surface area contributed by atoms with Gasteiger partial charge in [-0.2, -0.15) is 0 Å². The Labute approximate surface area is 151 Å². The van der Waals surface area contributed by atoms with Gasteiger partial charge in [0.15, 0.2) is 11.5 Å². The molecule has 3 aromatic rings. The first-order chi connectivity index (χ1) is 12.0. The summed E-state index contributed by atoms with van der Waals surface area (Å²) in [7, 11) is 0. The molecule has 0 aliphatic rings. The van der Waals surface area contributed by atoms with E-state index in [1.165, 1.54) is 0 Å². The number of aromatic nitrogens is 1. The third-order valence-electron chi connectivity index (χ3n) is 3.63. The number of oxazole rings is 1. The number of ether oxygens (including phenoxy) is 1. The number of carbonyl (C=O) groups is 1. The molecule has 25 heavy (non-hydrogen) atoms. The lowest BCUT2D eigenvalue weighted by atomic mass is 10.2. The van der Waals surface area contributed by atoms with Crippen LogP contribution in [0.1, 0.15) is 31.2 Å². The SMILES string of the molecule is CC(C)c1nc2cc(NC(=O)COCc3ccccc3Cl)ccc2o1. The van der Waals surface area contributed by atoms with Crippen molar-refractivity contribution < 1.29 is 13.9 Å². The monoisotopic (exact) mass is 358 g/mol. The lowest BCUT2D eigenvalue weighted by molar-refractivity contribution is -0.121. The van der Waals surface area contributed by atoms with E-state index in [0.29, 0.717) is 22.2 Å². The third-order valence-corrected chi connectivity index (χ3v) is 4.00. The summed E-state index contributed by atoms with van der Waals surface area (Å²) in [5.41, 5.74) is 2.93. The van der Waals surface area contributed by atoms with Crippen LogP contribution in [0.3, 0.4) is 0 Å². The van der Waals surface area contributed by atoms with Gasteiger partial charge in [-0.15, -0.1) is 0 Å². The van der Waals surface area contributed by atoms with E-state index in [-0.39, 0.29) is 25.0 Å². The quantitative estimate of drug-likeness (QED) is 0.690. The molecule has 0 saturated carbocycles. The lowest BCUT2D eigenvalue weighted by Crippen LogP contribution is -2.18. The predicted octanol–water partition coefficient (Wildman–Crippen LogP) is 4.76. The van der Waals surface area contributed by atoms with Crippen molar-refractivity contribution in [2.24, 2.45) is 0 Å². The largest absolute Gasteiger partial charge is 0.440 e. The summed E-state index contributed by atoms with van der Waals surface area (Å²) in [4.78, 5) is 16.5. The number of hydrogen-bond donors (Lipinski definition) is 1. The van der Waals surface area contributed by atoms with Crippen LogP contribution in [-0.4, -0.2) is 17.5 Å². The average Bonchev–Trinajstić information content (AvgIpc) is 3.00. The fourth-order valence-electron chi connectivity index (χ4n) is 2.34. The minimum absolute atomic E-state index is 0.0562. The Morgan fingerprint density at radius 3 is 2.84 bits per heavy atom. The van der Waals surface area contributed by atoms with Gasteiger partial charge in [0.25, 0.3) is 0 Å². The zero-order chi connectivity index (χ0) is 17.8. The van der Waals surface area contributed by atoms with Gasteiger partial charge in [-0.3, -0.25) is 4.79 Å². The van der Waals surface area contributed by atoms with E-state index in [2.05, 4.69) is 10.3 Å². The van der Waals surface area contributed by atoms with Crippen molar-refractivity contribution in [1.29, 1.82) is 0 Å². The Kier molecular flexibility index (Phi) is 5.36. The van der Waals surface area contributed by atoms with Gasteiger partial charge in [0, 0.05) is 16.6 Å². The number of halogens is 1. The van der Waals surface area contributed by atoms with Crippen molar-refractivity contribution in [3.8, 4) is 0 Å². The van der Waals surface area contributed by atoms with Crippen molar-refractivity contribution in [3.63, 3.8) is 0 Å². The fraction of sp³-hybridized carbons (Fsp3) is 0.263. The van der Waals surface area contributed by atoms with Gasteiger partial charge < -0.3 is 14.5 Å². The van der Waals surface area contributed by atoms with Crippen LogP contribution in [0.25, 0.3) is 11.1 Å². The normalized spacial score (nSPS) is 11.2. The Hall–Kier alpha value is -2.37. The molecule has 3 rings (SSSR count). The summed E-state index contributed by atoms with van der Waals surface area (Å²) < 4.78 is 11.1. The molecule has 0 atom stereocenters. The molecule has 5 nitrogen and oxygen atoms in total. The summed E-state index contributed by atoms with van der Waals surface area (Å²) in [5, 5.41) is 3.42. The summed E-state index contributed by atoms with van der Waals surface area (Å²) in [5.74, 6) is 0.657. The maximum absolute atomic E-state index is 12.0. The van der Waals surface area contributed by atoms with Crippen LogP contribution in [0.2, 0.25) is 5.02 Å². The van der Waals surface area contributed by atoms with Gasteiger partial charge in [-0.1, -0.05) is 43.6 Å². The molecule has 0 saturated heterocycles. The van der Waals surface area contributed by atoms with Gasteiger partial charge >= 0.3 is 0 Å². The highest BCUT2D eigenvalue weighted by Gasteiger charge is 2.11. The third kappa shape index (κ3) is 4.38. The Bertz CT molecular complexity index is 889. The second kappa shape index (κ2) is 7.68. The van der Waals surface area contributed by atoms with Gasteiger partial charge in [-0.25, -0.2) is 4.98 Å². The van der Waals surface area contributed by atoms with Crippen molar-refractivity contribution in [2.75, 3.05) is 11.9 Å². The van der Waals surface area contributed by atoms with Gasteiger partial charge in [0.1, 0.15) is 12.1 Å². The minimum atomic E-state index is -0.237. The maximum Gasteiger partial charge on any atom is 0.250 e. The first kappa shape index (κ1) is 17.5. The standard InChI is InChI=1S/C19H19ClN2O3/c1-12(2)19-22-16-9-14(7-8-17(16)25-19)21-18(23)11-24-10-13-5-3-4-6-15(13)20/h3-9,12H,10-11H2,1-2H3,(H,21,23). The summed E-state index contributed by atoms with van der Waals surface area (Å²) in [6.45, 7) is 4.26. The van der Waals surface area contributed by atoms with Crippen LogP contribution < -0.4 is 5.32 Å². The summed E-state index contributed by atoms with van der Waals surface area (Å²) in [6.07, 6.45) is 0. The molecular weight excluding hydrogens is 340 g/mol. The van der Waals surface area contributed by atoms with Crippen LogP contribution >= 0.6 is 11.6 Å². The molecule has 0 aliphatic heterocycles. The molecule has 6 heteroatoms. The number of carbonyl (C=O) groups excluding carboxylic acids is 1. The van der Waals surface area contributed by atoms with E-state index in [4.69, 9.17) is 20.8 Å². The molecule has 1 aromatic heterocycles. The smallest absolute Gasteiger partial charge is 0.250 e. The highest BCUT2D eigenvalue weighted by Crippen LogP contribution is 2.23. The molecule has 0 aliphatic carbocycles. The van der Waals surface area contributed by atoms with E-state index in [1.807, 2.05) is 32.0 Å². The number of hydrogen-bond acceptors (Lipinski definition) is 4. The van der Waals surface area contributed by atoms with Crippen LogP contribution in [0.5, 0.6) is 0 Å². The number of rotatable bonds is 6. The highest BCUT2D eigenvalue weighted by molar-refractivity contribution is 6.31. The lowest BCUT2D eigenvalue weighted by Gasteiger charge is -2.07. The van der Waals surface area contributed by atoms with Gasteiger partial charge in [0.05, 0.1) is 6.61 Å². The van der Waals surface area contributed by atoms with Crippen molar-refractivity contribution in [1.82, 2.24) is 4.98 Å². The summed E-state index contributed by atoms with van der Waals surface area (Å²) in [6, 6.07) is 12.8. The zero-order valence-electron chi connectivity index (χ0n) is 14.1. The minimum Gasteiger partial charge on any atom is -0.440 e. The van der Waals surface area contributed by atoms with Crippen LogP contribution in [0, 0.1) is 0 Å². The van der Waals surface area contributed by atoms with Crippen molar-refractivity contribution in [2.45, 2.75) is 26.4 Å². The second-order valence-electron chi connectivity index (χ2n) is 6.02. The van der Waals surface area contributed by atoms with E-state index in [1.54, 1.807) is 24.3 Å². The molecule has 0 bridgehead atoms. The maximum atomic E-state index is 12.0. The Morgan fingerprint density at radius 2 is 2.08 bits per heavy atom. The molecule has 0 radical (unpaired) electrons. The first-order valence-electron chi connectivity index (χ1n) is 8.04. The molecule has 1 N–H and O–H groups in total. The van der Waals surface area contributed by atoms with Crippen LogP contribution in [0.15, 0.2) is 46.9 Å². The van der Waals surface area contributed by atoms with Crippen LogP contribution in [-0.2, 0) is 16.1 Å². The molecule has 130 valence electrons. The highest BCUT2D eigenvalue weighted by atomic mass is 35.5. The van der Waals surface area contributed by atoms with E-state index in [9.17, 15) is 4.79 Å². The van der Waals surface area contributed by atoms with Gasteiger partial charge in [0.2, 0.25) is 5.91 Å². The number of benzene rings is 2. The number of nitrogens with one attached hydrogen (secondary N) is 1. The number of anilines is 1. The molecule has 0 unspecified atom stereocenters. The van der Waals surface area contributed by atoms with Gasteiger partial charge in [-0.05, 0) is 29.8 Å². The molecule has 1 heterocycles. The number of amides is 1. The second-order valence-corrected chi connectivity index (χ2v) is 6.43. The molecule has 2 aromatic carbocycles. The fourth-order valence-corrected chi connectivity index (χ4v) is 2.53. The number of fused-ring (bicyclic) bond motifs is 1. The Balaban J connectivity index is 1.57. The zero-order valence-corrected chi connectivity index (χ0v) is 14.8. The molecule has 1 amide bonds. The molecule has 0 spiro atoms. The van der Waals surface area contributed by atoms with E-state index in [0.717, 1.165) is 11.1 Å². The Morgan fingerprint density at radius 1 is 1.28 bits per heavy atom. The molecular formula is C19H19ClN2O3.